The quantitative estimate of drug-likeness (QED) is 0.190. The Balaban J connectivity index is 1.79. The number of anilines is 1. The van der Waals surface area contributed by atoms with Gasteiger partial charge in [0.25, 0.3) is 5.78 Å². The fourth-order valence-corrected chi connectivity index (χ4v) is 5.74. The third-order valence-electron chi connectivity index (χ3n) is 6.53. The largest absolute Gasteiger partial charge is 0.507 e. The van der Waals surface area contributed by atoms with E-state index in [1.165, 1.54) is 44.7 Å². The lowest BCUT2D eigenvalue weighted by atomic mass is 9.94. The minimum absolute atomic E-state index is 0.0991. The van der Waals surface area contributed by atoms with Crippen LogP contribution in [0, 0.1) is 6.92 Å². The van der Waals surface area contributed by atoms with Crippen molar-refractivity contribution in [1.82, 2.24) is 4.98 Å². The first kappa shape index (κ1) is 26.1. The van der Waals surface area contributed by atoms with Crippen LogP contribution in [-0.4, -0.2) is 50.2 Å². The molecule has 0 radical (unpaired) electrons. The highest BCUT2D eigenvalue weighted by Gasteiger charge is 2.48. The van der Waals surface area contributed by atoms with Gasteiger partial charge in [0, 0.05) is 5.56 Å². The van der Waals surface area contributed by atoms with E-state index >= 15 is 0 Å². The molecule has 4 aromatic rings. The second-order valence-corrected chi connectivity index (χ2v) is 9.84. The molecule has 9 nitrogen and oxygen atoms in total. The number of ketones is 1. The summed E-state index contributed by atoms with van der Waals surface area (Å²) in [5, 5.41) is 11.8. The van der Waals surface area contributed by atoms with Gasteiger partial charge in [-0.3, -0.25) is 14.5 Å². The molecule has 0 aliphatic carbocycles. The van der Waals surface area contributed by atoms with Gasteiger partial charge in [-0.1, -0.05) is 29.5 Å². The molecular formula is C29H26N2O7S. The number of benzene rings is 3. The zero-order valence-electron chi connectivity index (χ0n) is 22.0. The third-order valence-corrected chi connectivity index (χ3v) is 7.55. The molecule has 1 aromatic heterocycles. The van der Waals surface area contributed by atoms with Crippen molar-refractivity contribution in [2.24, 2.45) is 0 Å². The molecule has 39 heavy (non-hydrogen) atoms. The van der Waals surface area contributed by atoms with Crippen LogP contribution in [0.3, 0.4) is 0 Å². The lowest BCUT2D eigenvalue weighted by molar-refractivity contribution is -0.132. The number of Topliss-reactive ketones (excluding diaryl/α,β-unsaturated/α-hetero) is 1. The molecule has 3 aromatic carbocycles. The maximum absolute atomic E-state index is 13.6. The summed E-state index contributed by atoms with van der Waals surface area (Å²) < 4.78 is 22.7. The van der Waals surface area contributed by atoms with Crippen molar-refractivity contribution >= 4 is 44.1 Å². The normalized spacial score (nSPS) is 16.5. The number of aryl methyl sites for hydroxylation is 1. The van der Waals surface area contributed by atoms with Gasteiger partial charge in [-0.15, -0.1) is 0 Å². The number of hydrogen-bond acceptors (Lipinski definition) is 9. The number of nitrogens with zero attached hydrogens (tertiary/aromatic N) is 2. The Hall–Kier alpha value is -4.57. The Morgan fingerprint density at radius 3 is 2.28 bits per heavy atom. The molecule has 0 bridgehead atoms. The molecule has 1 aliphatic heterocycles. The summed E-state index contributed by atoms with van der Waals surface area (Å²) in [5.74, 6) is -0.496. The number of rotatable bonds is 7. The summed E-state index contributed by atoms with van der Waals surface area (Å²) >= 11 is 1.29. The third kappa shape index (κ3) is 4.42. The van der Waals surface area contributed by atoms with Crippen LogP contribution in [0.15, 0.2) is 60.2 Å². The van der Waals surface area contributed by atoms with Crippen LogP contribution >= 0.6 is 11.3 Å². The summed E-state index contributed by atoms with van der Waals surface area (Å²) in [7, 11) is 5.94. The van der Waals surface area contributed by atoms with E-state index in [4.69, 9.17) is 18.9 Å². The van der Waals surface area contributed by atoms with Crippen molar-refractivity contribution in [2.75, 3.05) is 33.3 Å². The second kappa shape index (κ2) is 10.3. The smallest absolute Gasteiger partial charge is 0.301 e. The first-order valence-corrected chi connectivity index (χ1v) is 12.8. The molecule has 1 atom stereocenters. The first-order chi connectivity index (χ1) is 18.8. The summed E-state index contributed by atoms with van der Waals surface area (Å²) in [6, 6.07) is 14.7. The molecule has 0 spiro atoms. The average molecular weight is 547 g/mol. The van der Waals surface area contributed by atoms with Crippen molar-refractivity contribution in [1.29, 1.82) is 0 Å². The summed E-state index contributed by atoms with van der Waals surface area (Å²) in [5.41, 5.74) is 2.42. The molecule has 2 heterocycles. The number of hydrogen-bond donors (Lipinski definition) is 1. The molecule has 0 saturated carbocycles. The van der Waals surface area contributed by atoms with Crippen LogP contribution in [0.2, 0.25) is 0 Å². The van der Waals surface area contributed by atoms with Gasteiger partial charge in [-0.25, -0.2) is 4.98 Å². The standard InChI is InChI=1S/C29H26N2O7S/c1-15-9-10-19-22(11-15)39-29(30-19)31-24(17-13-20(36-3)27(38-5)21(14-17)37-4)23(26(33)28(31)34)25(32)16-7-6-8-18(12-16)35-2/h6-14,24,32H,1-5H3. The predicted molar refractivity (Wildman–Crippen MR) is 148 cm³/mol. The molecule has 200 valence electrons. The van der Waals surface area contributed by atoms with Crippen molar-refractivity contribution in [3.05, 3.63) is 76.9 Å². The Kier molecular flexibility index (Phi) is 6.88. The fourth-order valence-electron chi connectivity index (χ4n) is 4.65. The molecule has 1 unspecified atom stereocenters. The number of carbonyl (C=O) groups excluding carboxylic acids is 2. The monoisotopic (exact) mass is 546 g/mol. The minimum atomic E-state index is -1.04. The van der Waals surface area contributed by atoms with E-state index in [0.29, 0.717) is 44.8 Å². The minimum Gasteiger partial charge on any atom is -0.507 e. The summed E-state index contributed by atoms with van der Waals surface area (Å²) in [6.45, 7) is 1.97. The van der Waals surface area contributed by atoms with Crippen molar-refractivity contribution < 1.29 is 33.6 Å². The summed E-state index contributed by atoms with van der Waals surface area (Å²) in [6.07, 6.45) is 0. The molecule has 10 heteroatoms. The Morgan fingerprint density at radius 1 is 0.923 bits per heavy atom. The fraction of sp³-hybridized carbons (Fsp3) is 0.207. The number of aliphatic hydroxyl groups is 1. The van der Waals surface area contributed by atoms with Gasteiger partial charge >= 0.3 is 5.91 Å². The van der Waals surface area contributed by atoms with Crippen LogP contribution in [0.25, 0.3) is 16.0 Å². The highest BCUT2D eigenvalue weighted by molar-refractivity contribution is 7.22. The zero-order chi connectivity index (χ0) is 27.8. The van der Waals surface area contributed by atoms with Crippen molar-refractivity contribution in [2.45, 2.75) is 13.0 Å². The van der Waals surface area contributed by atoms with Crippen molar-refractivity contribution in [3.63, 3.8) is 0 Å². The van der Waals surface area contributed by atoms with Gasteiger partial charge in [-0.2, -0.15) is 0 Å². The Morgan fingerprint density at radius 2 is 1.64 bits per heavy atom. The van der Waals surface area contributed by atoms with E-state index in [1.54, 1.807) is 36.4 Å². The van der Waals surface area contributed by atoms with Gasteiger partial charge in [0.1, 0.15) is 11.5 Å². The lowest BCUT2D eigenvalue weighted by Crippen LogP contribution is -2.29. The highest BCUT2D eigenvalue weighted by Crippen LogP contribution is 2.48. The van der Waals surface area contributed by atoms with Crippen LogP contribution < -0.4 is 23.8 Å². The zero-order valence-corrected chi connectivity index (χ0v) is 22.8. The van der Waals surface area contributed by atoms with E-state index in [2.05, 4.69) is 4.98 Å². The molecular weight excluding hydrogens is 520 g/mol. The molecule has 1 amide bonds. The second-order valence-electron chi connectivity index (χ2n) is 8.83. The van der Waals surface area contributed by atoms with Crippen LogP contribution in [-0.2, 0) is 9.59 Å². The molecule has 5 rings (SSSR count). The van der Waals surface area contributed by atoms with Crippen LogP contribution in [0.5, 0.6) is 23.0 Å². The molecule has 1 fully saturated rings. The number of thiazole rings is 1. The average Bonchev–Trinajstić information content (AvgIpc) is 3.48. The van der Waals surface area contributed by atoms with Crippen LogP contribution in [0.1, 0.15) is 22.7 Å². The number of ether oxygens (including phenoxy) is 4. The van der Waals surface area contributed by atoms with E-state index < -0.39 is 17.7 Å². The van der Waals surface area contributed by atoms with E-state index in [-0.39, 0.29) is 11.3 Å². The van der Waals surface area contributed by atoms with Gasteiger partial charge in [-0.05, 0) is 54.4 Å². The van der Waals surface area contributed by atoms with E-state index in [1.807, 2.05) is 25.1 Å². The highest BCUT2D eigenvalue weighted by atomic mass is 32.1. The molecule has 1 aliphatic rings. The summed E-state index contributed by atoms with van der Waals surface area (Å²) in [4.78, 5) is 33.2. The topological polar surface area (TPSA) is 107 Å². The van der Waals surface area contributed by atoms with Gasteiger partial charge in [0.15, 0.2) is 16.6 Å². The number of methoxy groups -OCH3 is 4. The maximum atomic E-state index is 13.6. The van der Waals surface area contributed by atoms with E-state index in [0.717, 1.165) is 10.3 Å². The number of aliphatic hydroxyl groups excluding tert-OH is 1. The Bertz CT molecular complexity index is 1620. The first-order valence-electron chi connectivity index (χ1n) is 11.9. The number of aromatic nitrogens is 1. The van der Waals surface area contributed by atoms with Crippen LogP contribution in [0.4, 0.5) is 5.13 Å². The predicted octanol–water partition coefficient (Wildman–Crippen LogP) is 5.27. The number of carbonyl (C=O) groups is 2. The number of fused-ring (bicyclic) bond motifs is 1. The van der Waals surface area contributed by atoms with Gasteiger partial charge < -0.3 is 24.1 Å². The number of amides is 1. The lowest BCUT2D eigenvalue weighted by Gasteiger charge is -2.24. The van der Waals surface area contributed by atoms with Gasteiger partial charge in [0.2, 0.25) is 5.75 Å². The SMILES string of the molecule is COc1cccc(C(O)=C2C(=O)C(=O)N(c3nc4ccc(C)cc4s3)C2c2cc(OC)c(OC)c(OC)c2)c1. The molecule has 1 N–H and O–H groups in total. The van der Waals surface area contributed by atoms with Gasteiger partial charge in [0.05, 0.1) is 50.3 Å². The maximum Gasteiger partial charge on any atom is 0.301 e. The van der Waals surface area contributed by atoms with E-state index in [9.17, 15) is 14.7 Å². The molecule has 1 saturated heterocycles. The Labute approximate surface area is 228 Å². The van der Waals surface area contributed by atoms with Crippen molar-refractivity contribution in [3.8, 4) is 23.0 Å².